The van der Waals surface area contributed by atoms with Gasteiger partial charge in [0.2, 0.25) is 5.91 Å². The zero-order chi connectivity index (χ0) is 19.4. The Bertz CT molecular complexity index is 834. The Morgan fingerprint density at radius 1 is 1.19 bits per heavy atom. The molecule has 142 valence electrons. The number of esters is 1. The number of rotatable bonds is 6. The highest BCUT2D eigenvalue weighted by Crippen LogP contribution is 2.30. The van der Waals surface area contributed by atoms with Crippen LogP contribution >= 0.6 is 11.3 Å². The number of hydrogen-bond acceptors (Lipinski definition) is 5. The van der Waals surface area contributed by atoms with E-state index in [1.165, 1.54) is 33.9 Å². The highest BCUT2D eigenvalue weighted by Gasteiger charge is 2.24. The second kappa shape index (κ2) is 8.35. The van der Waals surface area contributed by atoms with Crippen LogP contribution in [0.15, 0.2) is 30.3 Å². The number of carbonyl (C=O) groups excluding carboxylic acids is 3. The van der Waals surface area contributed by atoms with Crippen molar-refractivity contribution in [3.05, 3.63) is 51.2 Å². The first kappa shape index (κ1) is 19.1. The summed E-state index contributed by atoms with van der Waals surface area (Å²) in [5.74, 6) is -1.40. The van der Waals surface area contributed by atoms with Crippen molar-refractivity contribution in [1.29, 1.82) is 0 Å². The lowest BCUT2D eigenvalue weighted by molar-refractivity contribution is -0.124. The summed E-state index contributed by atoms with van der Waals surface area (Å²) in [6.45, 7) is 1.78. The normalized spacial score (nSPS) is 14.1. The van der Waals surface area contributed by atoms with Gasteiger partial charge in [-0.25, -0.2) is 4.79 Å². The van der Waals surface area contributed by atoms with Crippen LogP contribution in [0.3, 0.4) is 0 Å². The lowest BCUT2D eigenvalue weighted by atomic mass is 9.99. The molecule has 1 aliphatic carbocycles. The van der Waals surface area contributed by atoms with E-state index in [0.717, 1.165) is 25.7 Å². The molecule has 3 N–H and O–H groups in total. The molecule has 0 spiro atoms. The molecule has 1 aromatic carbocycles. The summed E-state index contributed by atoms with van der Waals surface area (Å²) in [6, 6.07) is 8.12. The van der Waals surface area contributed by atoms with Crippen LogP contribution in [0.5, 0.6) is 0 Å². The second-order valence-corrected chi connectivity index (χ2v) is 7.64. The monoisotopic (exact) mass is 386 g/mol. The van der Waals surface area contributed by atoms with Gasteiger partial charge in [0.25, 0.3) is 5.91 Å². The Balaban J connectivity index is 1.63. The third-order valence-corrected chi connectivity index (χ3v) is 5.76. The molecule has 2 aromatic rings. The van der Waals surface area contributed by atoms with Gasteiger partial charge in [-0.3, -0.25) is 9.59 Å². The predicted octanol–water partition coefficient (Wildman–Crippen LogP) is 3.30. The van der Waals surface area contributed by atoms with Gasteiger partial charge in [-0.2, -0.15) is 0 Å². The largest absolute Gasteiger partial charge is 0.448 e. The molecule has 1 aromatic heterocycles. The van der Waals surface area contributed by atoms with E-state index >= 15 is 0 Å². The maximum Gasteiger partial charge on any atom is 0.349 e. The van der Waals surface area contributed by atoms with Crippen molar-refractivity contribution in [3.8, 4) is 0 Å². The molecular weight excluding hydrogens is 364 g/mol. The summed E-state index contributed by atoms with van der Waals surface area (Å²) in [4.78, 5) is 37.8. The summed E-state index contributed by atoms with van der Waals surface area (Å²) in [5.41, 5.74) is 7.29. The van der Waals surface area contributed by atoms with Gasteiger partial charge in [-0.15, -0.1) is 11.3 Å². The smallest absolute Gasteiger partial charge is 0.349 e. The number of anilines is 1. The van der Waals surface area contributed by atoms with Crippen LogP contribution in [0.4, 0.5) is 5.69 Å². The molecule has 27 heavy (non-hydrogen) atoms. The summed E-state index contributed by atoms with van der Waals surface area (Å²) < 4.78 is 5.44. The van der Waals surface area contributed by atoms with Crippen LogP contribution in [0.25, 0.3) is 0 Å². The molecule has 1 unspecified atom stereocenters. The van der Waals surface area contributed by atoms with Crippen molar-refractivity contribution in [1.82, 2.24) is 0 Å². The molecule has 0 saturated heterocycles. The zero-order valence-electron chi connectivity index (χ0n) is 15.1. The SMILES string of the molecule is CCC(OC(=O)c1cc2c(s1)CCCC2)C(=O)Nc1ccc(C(N)=O)cc1. The fourth-order valence-corrected chi connectivity index (χ4v) is 4.18. The van der Waals surface area contributed by atoms with Gasteiger partial charge in [-0.05, 0) is 68.0 Å². The predicted molar refractivity (Wildman–Crippen MR) is 104 cm³/mol. The number of carbonyl (C=O) groups is 3. The lowest BCUT2D eigenvalue weighted by Gasteiger charge is -2.15. The molecular formula is C20H22N2O4S. The Hall–Kier alpha value is -2.67. The van der Waals surface area contributed by atoms with Crippen molar-refractivity contribution in [2.75, 3.05) is 5.32 Å². The van der Waals surface area contributed by atoms with E-state index in [-0.39, 0.29) is 0 Å². The maximum atomic E-state index is 12.5. The van der Waals surface area contributed by atoms with Gasteiger partial charge in [0.1, 0.15) is 4.88 Å². The molecule has 0 radical (unpaired) electrons. The first-order valence-electron chi connectivity index (χ1n) is 9.01. The van der Waals surface area contributed by atoms with E-state index < -0.39 is 23.9 Å². The van der Waals surface area contributed by atoms with E-state index in [0.29, 0.717) is 22.5 Å². The minimum absolute atomic E-state index is 0.355. The van der Waals surface area contributed by atoms with Gasteiger partial charge in [0.05, 0.1) is 0 Å². The molecule has 1 heterocycles. The van der Waals surface area contributed by atoms with E-state index in [2.05, 4.69) is 5.32 Å². The van der Waals surface area contributed by atoms with Crippen molar-refractivity contribution in [2.24, 2.45) is 5.73 Å². The van der Waals surface area contributed by atoms with E-state index in [1.54, 1.807) is 19.1 Å². The minimum atomic E-state index is -0.882. The van der Waals surface area contributed by atoms with E-state index in [1.807, 2.05) is 6.07 Å². The molecule has 2 amide bonds. The van der Waals surface area contributed by atoms with Crippen LogP contribution in [0, 0.1) is 0 Å². The number of amides is 2. The molecule has 0 saturated carbocycles. The third kappa shape index (κ3) is 4.54. The third-order valence-electron chi connectivity index (χ3n) is 4.55. The Morgan fingerprint density at radius 3 is 2.52 bits per heavy atom. The Labute approximate surface area is 161 Å². The number of nitrogens with two attached hydrogens (primary N) is 1. The van der Waals surface area contributed by atoms with Crippen molar-refractivity contribution < 1.29 is 19.1 Å². The molecule has 6 nitrogen and oxygen atoms in total. The van der Waals surface area contributed by atoms with Gasteiger partial charge in [0, 0.05) is 16.1 Å². The average molecular weight is 386 g/mol. The van der Waals surface area contributed by atoms with Gasteiger partial charge in [-0.1, -0.05) is 6.92 Å². The first-order chi connectivity index (χ1) is 13.0. The highest BCUT2D eigenvalue weighted by molar-refractivity contribution is 7.14. The highest BCUT2D eigenvalue weighted by atomic mass is 32.1. The molecule has 1 atom stereocenters. The fourth-order valence-electron chi connectivity index (χ4n) is 3.04. The number of thiophene rings is 1. The summed E-state index contributed by atoms with van der Waals surface area (Å²) in [6.07, 6.45) is 3.78. The molecule has 3 rings (SSSR count). The van der Waals surface area contributed by atoms with Crippen LogP contribution < -0.4 is 11.1 Å². The van der Waals surface area contributed by atoms with Gasteiger partial charge in [0.15, 0.2) is 6.10 Å². The number of benzene rings is 1. The number of hydrogen-bond donors (Lipinski definition) is 2. The van der Waals surface area contributed by atoms with Gasteiger partial charge < -0.3 is 15.8 Å². The standard InChI is InChI=1S/C20H22N2O4S/c1-2-15(19(24)22-14-9-7-12(8-10-14)18(21)23)26-20(25)17-11-13-5-3-4-6-16(13)27-17/h7-11,15H,2-6H2,1H3,(H2,21,23)(H,22,24). The molecule has 7 heteroatoms. The topological polar surface area (TPSA) is 98.5 Å². The Morgan fingerprint density at radius 2 is 1.89 bits per heavy atom. The zero-order valence-corrected chi connectivity index (χ0v) is 15.9. The number of nitrogens with one attached hydrogen (secondary N) is 1. The summed E-state index contributed by atoms with van der Waals surface area (Å²) in [5, 5.41) is 2.70. The number of primary amides is 1. The number of fused-ring (bicyclic) bond motifs is 1. The molecule has 0 bridgehead atoms. The van der Waals surface area contributed by atoms with Crippen LogP contribution in [-0.2, 0) is 22.4 Å². The number of ether oxygens (including phenoxy) is 1. The second-order valence-electron chi connectivity index (χ2n) is 6.50. The van der Waals surface area contributed by atoms with Crippen molar-refractivity contribution >= 4 is 34.8 Å². The lowest BCUT2D eigenvalue weighted by Crippen LogP contribution is -2.31. The Kier molecular flexibility index (Phi) is 5.91. The van der Waals surface area contributed by atoms with E-state index in [9.17, 15) is 14.4 Å². The van der Waals surface area contributed by atoms with Crippen molar-refractivity contribution in [3.63, 3.8) is 0 Å². The first-order valence-corrected chi connectivity index (χ1v) is 9.83. The fraction of sp³-hybridized carbons (Fsp3) is 0.350. The van der Waals surface area contributed by atoms with Crippen molar-refractivity contribution in [2.45, 2.75) is 45.1 Å². The van der Waals surface area contributed by atoms with Gasteiger partial charge >= 0.3 is 5.97 Å². The molecule has 0 fully saturated rings. The molecule has 1 aliphatic rings. The van der Waals surface area contributed by atoms with E-state index in [4.69, 9.17) is 10.5 Å². The van der Waals surface area contributed by atoms with Crippen LogP contribution in [-0.4, -0.2) is 23.9 Å². The summed E-state index contributed by atoms with van der Waals surface area (Å²) in [7, 11) is 0. The minimum Gasteiger partial charge on any atom is -0.448 e. The summed E-state index contributed by atoms with van der Waals surface area (Å²) >= 11 is 1.47. The number of aryl methyl sites for hydroxylation is 2. The maximum absolute atomic E-state index is 12.5. The molecule has 0 aliphatic heterocycles. The average Bonchev–Trinajstić information content (AvgIpc) is 3.10. The quantitative estimate of drug-likeness (QED) is 0.744. The van der Waals surface area contributed by atoms with Crippen LogP contribution in [0.1, 0.15) is 56.7 Å². The van der Waals surface area contributed by atoms with Crippen LogP contribution in [0.2, 0.25) is 0 Å².